The van der Waals surface area contributed by atoms with Crippen LogP contribution >= 0.6 is 0 Å². The predicted octanol–water partition coefficient (Wildman–Crippen LogP) is 2.63. The summed E-state index contributed by atoms with van der Waals surface area (Å²) in [6, 6.07) is 0. The molecule has 2 bridgehead atoms. The second-order valence-electron chi connectivity index (χ2n) is 8.13. The fourth-order valence-corrected chi connectivity index (χ4v) is 4.74. The Kier molecular flexibility index (Phi) is 3.09. The third-order valence-corrected chi connectivity index (χ3v) is 6.06. The van der Waals surface area contributed by atoms with Crippen LogP contribution in [0.15, 0.2) is 0 Å². The molecule has 19 heavy (non-hydrogen) atoms. The van der Waals surface area contributed by atoms with Crippen molar-refractivity contribution in [3.05, 3.63) is 0 Å². The van der Waals surface area contributed by atoms with E-state index in [1.54, 1.807) is 0 Å². The summed E-state index contributed by atoms with van der Waals surface area (Å²) in [6.07, 6.45) is 3.67. The normalized spacial score (nSPS) is 45.0. The number of nitrogens with two attached hydrogens (primary N) is 1. The zero-order valence-corrected chi connectivity index (χ0v) is 13.0. The van der Waals surface area contributed by atoms with Crippen LogP contribution < -0.4 is 5.73 Å². The van der Waals surface area contributed by atoms with Gasteiger partial charge in [-0.15, -0.1) is 0 Å². The molecule has 0 aromatic rings. The predicted molar refractivity (Wildman–Crippen MR) is 77.5 cm³/mol. The maximum atomic E-state index is 6.35. The Labute approximate surface area is 117 Å². The van der Waals surface area contributed by atoms with E-state index < -0.39 is 0 Å². The van der Waals surface area contributed by atoms with Crippen molar-refractivity contribution in [3.63, 3.8) is 0 Å². The van der Waals surface area contributed by atoms with Crippen molar-refractivity contribution in [1.82, 2.24) is 0 Å². The molecule has 4 rings (SSSR count). The minimum atomic E-state index is -0.201. The van der Waals surface area contributed by atoms with E-state index in [0.717, 1.165) is 18.8 Å². The van der Waals surface area contributed by atoms with E-state index in [-0.39, 0.29) is 24.8 Å². The van der Waals surface area contributed by atoms with E-state index in [1.807, 2.05) is 0 Å². The number of hydrogen-bond donors (Lipinski definition) is 1. The standard InChI is InChI=1S/C15H28BNO2/c1-9(2)6-13(17)16-18-12-8-10-7-11(14(10,3)4)15(12,5)19-16/h9-13H,6-8,17H2,1-5H3/t10?,11?,12?,13-,15+/m0/s1. The molecule has 0 aromatic heterocycles. The lowest BCUT2D eigenvalue weighted by atomic mass is 9.43. The number of rotatable bonds is 3. The molecule has 2 N–H and O–H groups in total. The van der Waals surface area contributed by atoms with Crippen molar-refractivity contribution in [2.24, 2.45) is 28.9 Å². The minimum absolute atomic E-state index is 0.00253. The molecule has 3 nitrogen and oxygen atoms in total. The van der Waals surface area contributed by atoms with Gasteiger partial charge in [-0.2, -0.15) is 0 Å². The van der Waals surface area contributed by atoms with E-state index in [2.05, 4.69) is 34.6 Å². The molecule has 1 heterocycles. The summed E-state index contributed by atoms with van der Waals surface area (Å²) in [5.74, 6) is 2.02. The van der Waals surface area contributed by atoms with Gasteiger partial charge in [-0.3, -0.25) is 0 Å². The highest BCUT2D eigenvalue weighted by molar-refractivity contribution is 6.47. The molecule has 0 spiro atoms. The molecular formula is C15H28BNO2. The maximum Gasteiger partial charge on any atom is 0.475 e. The van der Waals surface area contributed by atoms with Crippen LogP contribution in [0.4, 0.5) is 0 Å². The number of hydrogen-bond acceptors (Lipinski definition) is 3. The first-order valence-corrected chi connectivity index (χ1v) is 7.84. The fraction of sp³-hybridized carbons (Fsp3) is 1.00. The topological polar surface area (TPSA) is 44.5 Å². The van der Waals surface area contributed by atoms with Gasteiger partial charge in [0.15, 0.2) is 0 Å². The first-order valence-electron chi connectivity index (χ1n) is 7.84. The Morgan fingerprint density at radius 1 is 1.26 bits per heavy atom. The van der Waals surface area contributed by atoms with Gasteiger partial charge >= 0.3 is 7.12 Å². The van der Waals surface area contributed by atoms with Gasteiger partial charge in [0.05, 0.1) is 11.7 Å². The molecule has 5 atom stereocenters. The van der Waals surface area contributed by atoms with Gasteiger partial charge in [0, 0.05) is 5.94 Å². The van der Waals surface area contributed by atoms with Crippen LogP contribution in [-0.2, 0) is 9.31 Å². The SMILES string of the molecule is CC(C)C[C@H](N)B1OC2CC3CC(C3(C)C)[C@@]2(C)O1. The third kappa shape index (κ3) is 1.90. The van der Waals surface area contributed by atoms with Gasteiger partial charge in [0.1, 0.15) is 0 Å². The van der Waals surface area contributed by atoms with Crippen molar-refractivity contribution in [2.45, 2.75) is 71.5 Å². The van der Waals surface area contributed by atoms with E-state index in [1.165, 1.54) is 6.42 Å². The molecule has 4 aliphatic rings. The van der Waals surface area contributed by atoms with Crippen LogP contribution in [0.3, 0.4) is 0 Å². The highest BCUT2D eigenvalue weighted by atomic mass is 16.7. The highest BCUT2D eigenvalue weighted by Gasteiger charge is 2.68. The van der Waals surface area contributed by atoms with Crippen LogP contribution in [0.2, 0.25) is 0 Å². The van der Waals surface area contributed by atoms with E-state index in [4.69, 9.17) is 15.0 Å². The fourth-order valence-electron chi connectivity index (χ4n) is 4.74. The van der Waals surface area contributed by atoms with Gasteiger partial charge in [-0.1, -0.05) is 27.7 Å². The minimum Gasteiger partial charge on any atom is -0.404 e. The van der Waals surface area contributed by atoms with Gasteiger partial charge in [0.2, 0.25) is 0 Å². The molecular weight excluding hydrogens is 237 g/mol. The Balaban J connectivity index is 1.74. The molecule has 3 saturated carbocycles. The van der Waals surface area contributed by atoms with Crippen molar-refractivity contribution in [1.29, 1.82) is 0 Å². The molecule has 108 valence electrons. The molecule has 3 aliphatic carbocycles. The molecule has 0 amide bonds. The van der Waals surface area contributed by atoms with Crippen molar-refractivity contribution in [2.75, 3.05) is 0 Å². The Morgan fingerprint density at radius 2 is 1.95 bits per heavy atom. The van der Waals surface area contributed by atoms with Crippen molar-refractivity contribution in [3.8, 4) is 0 Å². The smallest absolute Gasteiger partial charge is 0.404 e. The van der Waals surface area contributed by atoms with Crippen LogP contribution in [0.25, 0.3) is 0 Å². The van der Waals surface area contributed by atoms with Crippen molar-refractivity contribution < 1.29 is 9.31 Å². The van der Waals surface area contributed by atoms with Gasteiger partial charge in [0.25, 0.3) is 0 Å². The Morgan fingerprint density at radius 3 is 2.53 bits per heavy atom. The molecule has 4 heteroatoms. The largest absolute Gasteiger partial charge is 0.475 e. The average molecular weight is 265 g/mol. The van der Waals surface area contributed by atoms with E-state index in [9.17, 15) is 0 Å². The lowest BCUT2D eigenvalue weighted by molar-refractivity contribution is -0.199. The highest BCUT2D eigenvalue weighted by Crippen LogP contribution is 2.65. The third-order valence-electron chi connectivity index (χ3n) is 6.06. The van der Waals surface area contributed by atoms with Crippen LogP contribution in [0, 0.1) is 23.2 Å². The summed E-state index contributed by atoms with van der Waals surface area (Å²) < 4.78 is 12.5. The summed E-state index contributed by atoms with van der Waals surface area (Å²) in [7, 11) is -0.201. The van der Waals surface area contributed by atoms with Gasteiger partial charge in [-0.05, 0) is 49.4 Å². The summed E-state index contributed by atoms with van der Waals surface area (Å²) in [4.78, 5) is 0. The van der Waals surface area contributed by atoms with E-state index >= 15 is 0 Å². The summed E-state index contributed by atoms with van der Waals surface area (Å²) in [5, 5.41) is 0. The summed E-state index contributed by atoms with van der Waals surface area (Å²) >= 11 is 0. The lowest BCUT2D eigenvalue weighted by Gasteiger charge is -2.64. The molecule has 1 aliphatic heterocycles. The lowest BCUT2D eigenvalue weighted by Crippen LogP contribution is -2.65. The molecule has 1 saturated heterocycles. The van der Waals surface area contributed by atoms with Crippen LogP contribution in [0.5, 0.6) is 0 Å². The maximum absolute atomic E-state index is 6.35. The zero-order valence-electron chi connectivity index (χ0n) is 13.0. The van der Waals surface area contributed by atoms with Crippen LogP contribution in [0.1, 0.15) is 53.9 Å². The Bertz CT molecular complexity index is 373. The van der Waals surface area contributed by atoms with Crippen LogP contribution in [-0.4, -0.2) is 24.8 Å². The summed E-state index contributed by atoms with van der Waals surface area (Å²) in [5.41, 5.74) is 6.56. The molecule has 0 radical (unpaired) electrons. The first kappa shape index (κ1) is 13.9. The first-order chi connectivity index (χ1) is 8.75. The Hall–Kier alpha value is -0.0551. The monoisotopic (exact) mass is 265 g/mol. The molecule has 3 unspecified atom stereocenters. The zero-order chi connectivity index (χ0) is 14.0. The molecule has 0 aromatic carbocycles. The average Bonchev–Trinajstić information content (AvgIpc) is 2.64. The van der Waals surface area contributed by atoms with Gasteiger partial charge < -0.3 is 15.0 Å². The summed E-state index contributed by atoms with van der Waals surface area (Å²) in [6.45, 7) is 11.4. The second kappa shape index (κ2) is 4.22. The van der Waals surface area contributed by atoms with Gasteiger partial charge in [-0.25, -0.2) is 0 Å². The quantitative estimate of drug-likeness (QED) is 0.798. The van der Waals surface area contributed by atoms with E-state index in [0.29, 0.717) is 17.3 Å². The second-order valence-corrected chi connectivity index (χ2v) is 8.13. The van der Waals surface area contributed by atoms with Crippen molar-refractivity contribution >= 4 is 7.12 Å². The molecule has 4 fully saturated rings.